The van der Waals surface area contributed by atoms with Gasteiger partial charge in [-0.1, -0.05) is 45.0 Å². The lowest BCUT2D eigenvalue weighted by atomic mass is 9.86. The molecule has 1 aromatic carbocycles. The molecule has 0 unspecified atom stereocenters. The van der Waals surface area contributed by atoms with Crippen molar-refractivity contribution >= 4 is 6.01 Å². The number of aromatic nitrogens is 1. The highest BCUT2D eigenvalue weighted by molar-refractivity contribution is 5.59. The maximum absolute atomic E-state index is 5.24. The van der Waals surface area contributed by atoms with Gasteiger partial charge in [0.05, 0.1) is 0 Å². The zero-order chi connectivity index (χ0) is 12.5. The van der Waals surface area contributed by atoms with Crippen LogP contribution >= 0.6 is 0 Å². The topological polar surface area (TPSA) is 38.1 Å². The Morgan fingerprint density at radius 3 is 2.24 bits per heavy atom. The lowest BCUT2D eigenvalue weighted by Gasteiger charge is -2.18. The van der Waals surface area contributed by atoms with Crippen molar-refractivity contribution in [1.29, 1.82) is 0 Å². The van der Waals surface area contributed by atoms with Gasteiger partial charge in [0, 0.05) is 12.6 Å². The number of benzene rings is 1. The average molecular weight is 230 g/mol. The Labute approximate surface area is 102 Å². The Morgan fingerprint density at radius 2 is 1.76 bits per heavy atom. The predicted octanol–water partition coefficient (Wildman–Crippen LogP) is 3.68. The van der Waals surface area contributed by atoms with Gasteiger partial charge in [-0.3, -0.25) is 0 Å². The van der Waals surface area contributed by atoms with Gasteiger partial charge in [-0.05, 0) is 11.0 Å². The molecule has 1 heterocycles. The second-order valence-corrected chi connectivity index (χ2v) is 5.12. The first kappa shape index (κ1) is 11.7. The smallest absolute Gasteiger partial charge is 0.294 e. The van der Waals surface area contributed by atoms with E-state index in [1.54, 1.807) is 13.3 Å². The molecule has 0 aliphatic heterocycles. The summed E-state index contributed by atoms with van der Waals surface area (Å²) in [6.45, 7) is 6.62. The quantitative estimate of drug-likeness (QED) is 0.855. The molecule has 1 N–H and O–H groups in total. The Balaban J connectivity index is 2.29. The lowest BCUT2D eigenvalue weighted by molar-refractivity contribution is 0.576. The summed E-state index contributed by atoms with van der Waals surface area (Å²) in [7, 11) is 1.79. The Bertz CT molecular complexity index is 492. The van der Waals surface area contributed by atoms with E-state index < -0.39 is 0 Å². The third-order valence-corrected chi connectivity index (χ3v) is 2.76. The summed E-state index contributed by atoms with van der Waals surface area (Å²) in [6, 6.07) is 8.99. The first-order valence-electron chi connectivity index (χ1n) is 5.75. The molecule has 2 aromatic rings. The van der Waals surface area contributed by atoms with E-state index in [9.17, 15) is 0 Å². The molecule has 0 fully saturated rings. The fourth-order valence-electron chi connectivity index (χ4n) is 1.66. The van der Waals surface area contributed by atoms with Gasteiger partial charge in [0.15, 0.2) is 0 Å². The molecular weight excluding hydrogens is 212 g/mol. The van der Waals surface area contributed by atoms with E-state index in [-0.39, 0.29) is 5.41 Å². The molecule has 2 rings (SSSR count). The highest BCUT2D eigenvalue weighted by Gasteiger charge is 2.13. The number of oxazole rings is 1. The summed E-state index contributed by atoms with van der Waals surface area (Å²) in [6.07, 6.45) is 1.66. The van der Waals surface area contributed by atoms with Crippen LogP contribution in [0.3, 0.4) is 0 Å². The molecule has 0 bridgehead atoms. The molecule has 90 valence electrons. The molecule has 0 saturated heterocycles. The zero-order valence-electron chi connectivity index (χ0n) is 10.7. The fourth-order valence-corrected chi connectivity index (χ4v) is 1.66. The first-order valence-corrected chi connectivity index (χ1v) is 5.75. The van der Waals surface area contributed by atoms with Crippen LogP contribution in [0.15, 0.2) is 34.9 Å². The molecule has 3 heteroatoms. The van der Waals surface area contributed by atoms with Crippen LogP contribution in [0.1, 0.15) is 26.3 Å². The van der Waals surface area contributed by atoms with E-state index in [0.717, 1.165) is 11.3 Å². The Morgan fingerprint density at radius 1 is 1.12 bits per heavy atom. The van der Waals surface area contributed by atoms with E-state index >= 15 is 0 Å². The molecule has 0 aliphatic rings. The minimum atomic E-state index is 0.179. The van der Waals surface area contributed by atoms with Crippen LogP contribution in [0, 0.1) is 0 Å². The third kappa shape index (κ3) is 2.49. The fraction of sp³-hybridized carbons (Fsp3) is 0.357. The summed E-state index contributed by atoms with van der Waals surface area (Å²) in [5.41, 5.74) is 3.43. The number of anilines is 1. The van der Waals surface area contributed by atoms with Crippen LogP contribution in [0.25, 0.3) is 11.3 Å². The van der Waals surface area contributed by atoms with Gasteiger partial charge in [0.2, 0.25) is 0 Å². The number of nitrogens with one attached hydrogen (secondary N) is 1. The van der Waals surface area contributed by atoms with Crippen LogP contribution in [0.2, 0.25) is 0 Å². The SMILES string of the molecule is CNc1nc(-c2ccc(C(C)(C)C)cc2)co1. The standard InChI is InChI=1S/C14H18N2O/c1-14(2,3)11-7-5-10(6-8-11)12-9-17-13(15-4)16-12/h5-9H,1-4H3,(H,15,16). The molecule has 0 spiro atoms. The van der Waals surface area contributed by atoms with E-state index in [0.29, 0.717) is 6.01 Å². The number of hydrogen-bond donors (Lipinski definition) is 1. The average Bonchev–Trinajstić information content (AvgIpc) is 2.76. The molecular formula is C14H18N2O. The highest BCUT2D eigenvalue weighted by atomic mass is 16.4. The molecule has 0 saturated carbocycles. The summed E-state index contributed by atoms with van der Waals surface area (Å²) in [4.78, 5) is 4.31. The Hall–Kier alpha value is -1.77. The van der Waals surface area contributed by atoms with Crippen molar-refractivity contribution in [3.63, 3.8) is 0 Å². The van der Waals surface area contributed by atoms with Gasteiger partial charge in [-0.15, -0.1) is 0 Å². The molecule has 17 heavy (non-hydrogen) atoms. The monoisotopic (exact) mass is 230 g/mol. The third-order valence-electron chi connectivity index (χ3n) is 2.76. The van der Waals surface area contributed by atoms with Crippen molar-refractivity contribution < 1.29 is 4.42 Å². The molecule has 0 atom stereocenters. The molecule has 3 nitrogen and oxygen atoms in total. The van der Waals surface area contributed by atoms with Crippen molar-refractivity contribution in [3.05, 3.63) is 36.1 Å². The van der Waals surface area contributed by atoms with Gasteiger partial charge < -0.3 is 9.73 Å². The maximum atomic E-state index is 5.24. The van der Waals surface area contributed by atoms with Crippen LogP contribution in [-0.4, -0.2) is 12.0 Å². The normalized spacial score (nSPS) is 11.5. The van der Waals surface area contributed by atoms with E-state index in [1.165, 1.54) is 5.56 Å². The molecule has 1 aromatic heterocycles. The van der Waals surface area contributed by atoms with Gasteiger partial charge in [-0.2, -0.15) is 4.98 Å². The predicted molar refractivity (Wildman–Crippen MR) is 70.2 cm³/mol. The van der Waals surface area contributed by atoms with Gasteiger partial charge in [0.1, 0.15) is 12.0 Å². The molecule has 0 radical (unpaired) electrons. The van der Waals surface area contributed by atoms with Crippen molar-refractivity contribution in [2.75, 3.05) is 12.4 Å². The van der Waals surface area contributed by atoms with Crippen molar-refractivity contribution in [1.82, 2.24) is 4.98 Å². The van der Waals surface area contributed by atoms with E-state index in [1.807, 2.05) is 0 Å². The van der Waals surface area contributed by atoms with Gasteiger partial charge in [-0.25, -0.2) is 0 Å². The summed E-state index contributed by atoms with van der Waals surface area (Å²) in [5.74, 6) is 0. The van der Waals surface area contributed by atoms with E-state index in [2.05, 4.69) is 55.3 Å². The Kier molecular flexibility index (Phi) is 2.92. The van der Waals surface area contributed by atoms with Crippen LogP contribution < -0.4 is 5.32 Å². The number of rotatable bonds is 2. The number of nitrogens with zero attached hydrogens (tertiary/aromatic N) is 1. The second kappa shape index (κ2) is 4.24. The molecule has 0 amide bonds. The summed E-state index contributed by atoms with van der Waals surface area (Å²) < 4.78 is 5.24. The lowest BCUT2D eigenvalue weighted by Crippen LogP contribution is -2.10. The van der Waals surface area contributed by atoms with E-state index in [4.69, 9.17) is 4.42 Å². The highest BCUT2D eigenvalue weighted by Crippen LogP contribution is 2.26. The van der Waals surface area contributed by atoms with Gasteiger partial charge in [0.25, 0.3) is 6.01 Å². The number of hydrogen-bond acceptors (Lipinski definition) is 3. The van der Waals surface area contributed by atoms with Crippen LogP contribution in [0.5, 0.6) is 0 Å². The second-order valence-electron chi connectivity index (χ2n) is 5.12. The maximum Gasteiger partial charge on any atom is 0.294 e. The van der Waals surface area contributed by atoms with Gasteiger partial charge >= 0.3 is 0 Å². The largest absolute Gasteiger partial charge is 0.432 e. The van der Waals surface area contributed by atoms with Crippen molar-refractivity contribution in [3.8, 4) is 11.3 Å². The molecule has 0 aliphatic carbocycles. The summed E-state index contributed by atoms with van der Waals surface area (Å²) >= 11 is 0. The first-order chi connectivity index (χ1) is 8.00. The zero-order valence-corrected chi connectivity index (χ0v) is 10.7. The summed E-state index contributed by atoms with van der Waals surface area (Å²) in [5, 5.41) is 2.87. The van der Waals surface area contributed by atoms with Crippen LogP contribution in [-0.2, 0) is 5.41 Å². The van der Waals surface area contributed by atoms with Crippen molar-refractivity contribution in [2.45, 2.75) is 26.2 Å². The minimum absolute atomic E-state index is 0.179. The minimum Gasteiger partial charge on any atom is -0.432 e. The van der Waals surface area contributed by atoms with Crippen LogP contribution in [0.4, 0.5) is 6.01 Å². The van der Waals surface area contributed by atoms with Crippen molar-refractivity contribution in [2.24, 2.45) is 0 Å².